The highest BCUT2D eigenvalue weighted by Gasteiger charge is 2.25. The number of likely N-dealkylation sites (N-methyl/N-ethyl adjacent to an activating group) is 1. The second kappa shape index (κ2) is 6.58. The molecule has 0 bridgehead atoms. The van der Waals surface area contributed by atoms with Crippen LogP contribution in [0.15, 0.2) is 28.7 Å². The third kappa shape index (κ3) is 3.20. The van der Waals surface area contributed by atoms with Gasteiger partial charge in [0.1, 0.15) is 0 Å². The van der Waals surface area contributed by atoms with Crippen LogP contribution in [0.1, 0.15) is 31.3 Å². The summed E-state index contributed by atoms with van der Waals surface area (Å²) in [5.74, 6) is 1.31. The quantitative estimate of drug-likeness (QED) is 0.869. The van der Waals surface area contributed by atoms with Crippen molar-refractivity contribution in [3.8, 4) is 11.5 Å². The van der Waals surface area contributed by atoms with E-state index in [-0.39, 0.29) is 6.04 Å². The number of nitrogens with zero attached hydrogens (tertiary/aromatic N) is 4. The van der Waals surface area contributed by atoms with Crippen LogP contribution in [0.2, 0.25) is 0 Å². The molecule has 1 aliphatic rings. The predicted molar refractivity (Wildman–Crippen MR) is 86.6 cm³/mol. The van der Waals surface area contributed by atoms with Gasteiger partial charge in [-0.3, -0.25) is 4.90 Å². The fourth-order valence-electron chi connectivity index (χ4n) is 2.84. The summed E-state index contributed by atoms with van der Waals surface area (Å²) >= 11 is 0. The Labute approximate surface area is 131 Å². The Morgan fingerprint density at radius 1 is 1.09 bits per heavy atom. The molecule has 0 spiro atoms. The monoisotopic (exact) mass is 300 g/mol. The van der Waals surface area contributed by atoms with Gasteiger partial charge in [-0.1, -0.05) is 24.6 Å². The van der Waals surface area contributed by atoms with Gasteiger partial charge in [-0.05, 0) is 32.5 Å². The minimum atomic E-state index is 0.172. The smallest absolute Gasteiger partial charge is 0.247 e. The van der Waals surface area contributed by atoms with Gasteiger partial charge in [0.25, 0.3) is 0 Å². The van der Waals surface area contributed by atoms with Crippen LogP contribution >= 0.6 is 0 Å². The topological polar surface area (TPSA) is 45.4 Å². The SMILES string of the molecule is CCN1CCN(C(C)c2nnc(-c3ccc(C)cc3)o2)CC1. The van der Waals surface area contributed by atoms with E-state index in [0.717, 1.165) is 38.3 Å². The molecular weight excluding hydrogens is 276 g/mol. The Morgan fingerprint density at radius 3 is 2.41 bits per heavy atom. The lowest BCUT2D eigenvalue weighted by molar-refractivity contribution is 0.0948. The van der Waals surface area contributed by atoms with Crippen molar-refractivity contribution >= 4 is 0 Å². The van der Waals surface area contributed by atoms with E-state index in [9.17, 15) is 0 Å². The van der Waals surface area contributed by atoms with Crippen molar-refractivity contribution in [2.75, 3.05) is 32.7 Å². The van der Waals surface area contributed by atoms with E-state index >= 15 is 0 Å². The summed E-state index contributed by atoms with van der Waals surface area (Å²) < 4.78 is 5.90. The van der Waals surface area contributed by atoms with E-state index in [1.165, 1.54) is 5.56 Å². The molecule has 5 nitrogen and oxygen atoms in total. The number of benzene rings is 1. The molecule has 1 aromatic heterocycles. The van der Waals surface area contributed by atoms with Gasteiger partial charge < -0.3 is 9.32 Å². The minimum Gasteiger partial charge on any atom is -0.419 e. The van der Waals surface area contributed by atoms with Crippen molar-refractivity contribution in [3.63, 3.8) is 0 Å². The first kappa shape index (κ1) is 15.2. The first-order valence-electron chi connectivity index (χ1n) is 8.04. The molecule has 0 saturated carbocycles. The van der Waals surface area contributed by atoms with Gasteiger partial charge in [-0.15, -0.1) is 10.2 Å². The van der Waals surface area contributed by atoms with Crippen LogP contribution in [-0.4, -0.2) is 52.7 Å². The second-order valence-corrected chi connectivity index (χ2v) is 5.96. The highest BCUT2D eigenvalue weighted by atomic mass is 16.4. The summed E-state index contributed by atoms with van der Waals surface area (Å²) in [7, 11) is 0. The molecule has 5 heteroatoms. The van der Waals surface area contributed by atoms with E-state index < -0.39 is 0 Å². The number of piperazine rings is 1. The van der Waals surface area contributed by atoms with Gasteiger partial charge in [0, 0.05) is 31.7 Å². The second-order valence-electron chi connectivity index (χ2n) is 5.96. The maximum absolute atomic E-state index is 5.90. The van der Waals surface area contributed by atoms with Crippen molar-refractivity contribution in [3.05, 3.63) is 35.7 Å². The summed E-state index contributed by atoms with van der Waals surface area (Å²) in [5, 5.41) is 8.47. The van der Waals surface area contributed by atoms with Crippen molar-refractivity contribution in [1.82, 2.24) is 20.0 Å². The van der Waals surface area contributed by atoms with E-state index in [1.807, 2.05) is 12.1 Å². The molecule has 1 aromatic carbocycles. The number of aromatic nitrogens is 2. The van der Waals surface area contributed by atoms with E-state index in [4.69, 9.17) is 4.42 Å². The zero-order valence-corrected chi connectivity index (χ0v) is 13.6. The number of hydrogen-bond acceptors (Lipinski definition) is 5. The molecule has 1 atom stereocenters. The molecule has 0 aliphatic carbocycles. The summed E-state index contributed by atoms with van der Waals surface area (Å²) in [6, 6.07) is 8.35. The lowest BCUT2D eigenvalue weighted by Gasteiger charge is -2.36. The maximum atomic E-state index is 5.90. The largest absolute Gasteiger partial charge is 0.419 e. The van der Waals surface area contributed by atoms with Gasteiger partial charge in [0.15, 0.2) is 0 Å². The molecule has 118 valence electrons. The number of aryl methyl sites for hydroxylation is 1. The molecular formula is C17H24N4O. The van der Waals surface area contributed by atoms with Gasteiger partial charge >= 0.3 is 0 Å². The normalized spacial score (nSPS) is 18.5. The lowest BCUT2D eigenvalue weighted by Crippen LogP contribution is -2.46. The average Bonchev–Trinajstić information content (AvgIpc) is 3.05. The van der Waals surface area contributed by atoms with Crippen LogP contribution in [0.3, 0.4) is 0 Å². The molecule has 0 N–H and O–H groups in total. The molecule has 1 fully saturated rings. The number of rotatable bonds is 4. The molecule has 3 rings (SSSR count). The summed E-state index contributed by atoms with van der Waals surface area (Å²) in [4.78, 5) is 4.88. The van der Waals surface area contributed by atoms with Crippen LogP contribution in [0.4, 0.5) is 0 Å². The highest BCUT2D eigenvalue weighted by Crippen LogP contribution is 2.24. The zero-order chi connectivity index (χ0) is 15.5. The number of hydrogen-bond donors (Lipinski definition) is 0. The summed E-state index contributed by atoms with van der Waals surface area (Å²) in [6.45, 7) is 11.9. The van der Waals surface area contributed by atoms with Crippen LogP contribution in [0.25, 0.3) is 11.5 Å². The minimum absolute atomic E-state index is 0.172. The van der Waals surface area contributed by atoms with Crippen LogP contribution in [0.5, 0.6) is 0 Å². The maximum Gasteiger partial charge on any atom is 0.247 e. The first-order chi connectivity index (χ1) is 10.7. The van der Waals surface area contributed by atoms with Crippen LogP contribution in [0, 0.1) is 6.92 Å². The van der Waals surface area contributed by atoms with Gasteiger partial charge in [-0.25, -0.2) is 0 Å². The van der Waals surface area contributed by atoms with Gasteiger partial charge in [0.2, 0.25) is 11.8 Å². The molecule has 22 heavy (non-hydrogen) atoms. The van der Waals surface area contributed by atoms with Crippen molar-refractivity contribution in [1.29, 1.82) is 0 Å². The highest BCUT2D eigenvalue weighted by molar-refractivity contribution is 5.52. The van der Waals surface area contributed by atoms with Crippen molar-refractivity contribution in [2.24, 2.45) is 0 Å². The Bertz CT molecular complexity index is 599. The molecule has 2 heterocycles. The standard InChI is InChI=1S/C17H24N4O/c1-4-20-9-11-21(12-10-20)14(3)16-18-19-17(22-16)15-7-5-13(2)6-8-15/h5-8,14H,4,9-12H2,1-3H3. The molecule has 0 amide bonds. The Balaban J connectivity index is 1.69. The molecule has 1 aliphatic heterocycles. The molecule has 1 saturated heterocycles. The fourth-order valence-corrected chi connectivity index (χ4v) is 2.84. The van der Waals surface area contributed by atoms with E-state index in [1.54, 1.807) is 0 Å². The Hall–Kier alpha value is -1.72. The van der Waals surface area contributed by atoms with Crippen molar-refractivity contribution < 1.29 is 4.42 Å². The third-order valence-electron chi connectivity index (χ3n) is 4.50. The Kier molecular flexibility index (Phi) is 4.55. The molecule has 2 aromatic rings. The van der Waals surface area contributed by atoms with Crippen LogP contribution in [-0.2, 0) is 0 Å². The summed E-state index contributed by atoms with van der Waals surface area (Å²) in [5.41, 5.74) is 2.21. The predicted octanol–water partition coefficient (Wildman–Crippen LogP) is 2.74. The van der Waals surface area contributed by atoms with Crippen LogP contribution < -0.4 is 0 Å². The van der Waals surface area contributed by atoms with E-state index in [2.05, 4.69) is 52.9 Å². The Morgan fingerprint density at radius 2 is 1.77 bits per heavy atom. The van der Waals surface area contributed by atoms with Gasteiger partial charge in [0.05, 0.1) is 6.04 Å². The summed E-state index contributed by atoms with van der Waals surface area (Å²) in [6.07, 6.45) is 0. The van der Waals surface area contributed by atoms with Crippen molar-refractivity contribution in [2.45, 2.75) is 26.8 Å². The van der Waals surface area contributed by atoms with E-state index in [0.29, 0.717) is 11.8 Å². The fraction of sp³-hybridized carbons (Fsp3) is 0.529. The molecule has 0 radical (unpaired) electrons. The third-order valence-corrected chi connectivity index (χ3v) is 4.50. The first-order valence-corrected chi connectivity index (χ1v) is 8.04. The molecule has 1 unspecified atom stereocenters. The zero-order valence-electron chi connectivity index (χ0n) is 13.6. The lowest BCUT2D eigenvalue weighted by atomic mass is 10.1. The average molecular weight is 300 g/mol. The van der Waals surface area contributed by atoms with Gasteiger partial charge in [-0.2, -0.15) is 0 Å².